The first-order valence-corrected chi connectivity index (χ1v) is 18.9. The Morgan fingerprint density at radius 1 is 0.727 bits per heavy atom. The molecular formula is C38H47BrF6N4O6. The van der Waals surface area contributed by atoms with Crippen molar-refractivity contribution < 1.29 is 55.0 Å². The van der Waals surface area contributed by atoms with E-state index in [2.05, 4.69) is 21.2 Å². The third kappa shape index (κ3) is 11.9. The molecule has 4 saturated heterocycles. The number of alkyl halides is 7. The van der Waals surface area contributed by atoms with E-state index < -0.39 is 29.1 Å². The topological polar surface area (TPSA) is 108 Å². The van der Waals surface area contributed by atoms with Crippen molar-refractivity contribution in [1.82, 2.24) is 10.2 Å². The second kappa shape index (κ2) is 17.2. The normalized spacial score (nSPS) is 22.1. The molecule has 17 heteroatoms. The van der Waals surface area contributed by atoms with Crippen LogP contribution in [0.2, 0.25) is 0 Å². The largest absolute Gasteiger partial charge is 0.459 e. The van der Waals surface area contributed by atoms with Gasteiger partial charge in [0.05, 0.1) is 17.7 Å². The van der Waals surface area contributed by atoms with Crippen molar-refractivity contribution in [2.24, 2.45) is 0 Å². The number of nitrogens with zero attached hydrogens (tertiary/aromatic N) is 3. The third-order valence-electron chi connectivity index (χ3n) is 9.28. The number of likely N-dealkylation sites (tertiary alicyclic amines) is 1. The Morgan fingerprint density at radius 2 is 1.22 bits per heavy atom. The molecule has 304 valence electrons. The number of rotatable bonds is 7. The Kier molecular flexibility index (Phi) is 13.8. The summed E-state index contributed by atoms with van der Waals surface area (Å²) in [6, 6.07) is 7.02. The van der Waals surface area contributed by atoms with E-state index in [4.69, 9.17) is 9.47 Å². The highest BCUT2D eigenvalue weighted by atomic mass is 79.9. The molecule has 4 aliphatic heterocycles. The van der Waals surface area contributed by atoms with Crippen LogP contribution in [-0.4, -0.2) is 103 Å². The fourth-order valence-electron chi connectivity index (χ4n) is 7.14. The fraction of sp³-hybridized carbons (Fsp3) is 0.579. The molecule has 1 N–H and O–H groups in total. The van der Waals surface area contributed by atoms with Gasteiger partial charge in [-0.3, -0.25) is 24.1 Å². The summed E-state index contributed by atoms with van der Waals surface area (Å²) in [5.41, 5.74) is -1.11. The standard InChI is InChI=1S/C19H23F3N2O3.C13H13F3N2O.C6H11BrO2/c1-18(2,3)27-17(26)10-23-8-15-7-14(23)9-24(15)16-6-13(19(20,21)22)5-4-12(16)11-25;14-13(15,16)9-2-1-8(7-19)12(3-9)18-6-10-4-11(18)5-17-10;1-6(2,3)9-5(8)4-7/h4-6,11,14-15H,7-10H2,1-3H3;1-3,7,10-11,17H,4-6H2;4H2,1-3H3. The predicted molar refractivity (Wildman–Crippen MR) is 198 cm³/mol. The SMILES string of the molecule is CC(C)(C)OC(=O)CBr.CC(C)(C)OC(=O)CN1CC2CC1CN2c1cc(C(F)(F)F)ccc1C=O.O=Cc1ccc(C(F)(F)F)cc1N1CC2CC1CN2. The second-order valence-electron chi connectivity index (χ2n) is 15.9. The van der Waals surface area contributed by atoms with Gasteiger partial charge in [-0.2, -0.15) is 26.3 Å². The minimum Gasteiger partial charge on any atom is -0.459 e. The fourth-order valence-corrected chi connectivity index (χ4v) is 7.25. The highest BCUT2D eigenvalue weighted by Gasteiger charge is 2.45. The molecule has 55 heavy (non-hydrogen) atoms. The van der Waals surface area contributed by atoms with Gasteiger partial charge >= 0.3 is 24.3 Å². The molecular weight excluding hydrogens is 802 g/mol. The van der Waals surface area contributed by atoms with E-state index in [9.17, 15) is 45.5 Å². The Morgan fingerprint density at radius 3 is 1.56 bits per heavy atom. The lowest BCUT2D eigenvalue weighted by Crippen LogP contribution is -2.49. The van der Waals surface area contributed by atoms with Gasteiger partial charge in [0, 0.05) is 72.8 Å². The monoisotopic (exact) mass is 848 g/mol. The van der Waals surface area contributed by atoms with Crippen LogP contribution in [0.15, 0.2) is 36.4 Å². The van der Waals surface area contributed by atoms with Crippen LogP contribution in [0.25, 0.3) is 0 Å². The summed E-state index contributed by atoms with van der Waals surface area (Å²) in [6.07, 6.45) is -5.97. The van der Waals surface area contributed by atoms with Crippen LogP contribution >= 0.6 is 15.9 Å². The van der Waals surface area contributed by atoms with Gasteiger partial charge in [-0.15, -0.1) is 0 Å². The van der Waals surface area contributed by atoms with Gasteiger partial charge in [-0.05, 0) is 90.8 Å². The number of piperazine rings is 2. The van der Waals surface area contributed by atoms with Gasteiger partial charge in [-0.25, -0.2) is 0 Å². The smallest absolute Gasteiger partial charge is 0.416 e. The molecule has 0 saturated carbocycles. The summed E-state index contributed by atoms with van der Waals surface area (Å²) in [5.74, 6) is -0.531. The Labute approximate surface area is 325 Å². The molecule has 4 bridgehead atoms. The zero-order valence-corrected chi connectivity index (χ0v) is 33.1. The summed E-state index contributed by atoms with van der Waals surface area (Å²) in [4.78, 5) is 50.7. The lowest BCUT2D eigenvalue weighted by molar-refractivity contribution is -0.156. The van der Waals surface area contributed by atoms with E-state index >= 15 is 0 Å². The zero-order chi connectivity index (χ0) is 41.1. The van der Waals surface area contributed by atoms with Gasteiger partial charge in [0.2, 0.25) is 0 Å². The minimum atomic E-state index is -4.46. The summed E-state index contributed by atoms with van der Waals surface area (Å²) >= 11 is 2.99. The van der Waals surface area contributed by atoms with Crippen LogP contribution in [0.3, 0.4) is 0 Å². The average molecular weight is 850 g/mol. The number of carbonyl (C=O) groups excluding carboxylic acids is 4. The summed E-state index contributed by atoms with van der Waals surface area (Å²) < 4.78 is 87.7. The van der Waals surface area contributed by atoms with E-state index in [1.54, 1.807) is 20.8 Å². The van der Waals surface area contributed by atoms with Crippen molar-refractivity contribution in [1.29, 1.82) is 0 Å². The van der Waals surface area contributed by atoms with E-state index in [-0.39, 0.29) is 53.1 Å². The number of aldehydes is 2. The second-order valence-corrected chi connectivity index (χ2v) is 16.4. The maximum atomic E-state index is 13.1. The molecule has 0 spiro atoms. The van der Waals surface area contributed by atoms with E-state index in [1.165, 1.54) is 12.1 Å². The number of hydrogen-bond acceptors (Lipinski definition) is 10. The minimum absolute atomic E-state index is 0.0281. The van der Waals surface area contributed by atoms with Crippen LogP contribution in [0.4, 0.5) is 37.7 Å². The number of carbonyl (C=O) groups is 4. The van der Waals surface area contributed by atoms with E-state index in [1.807, 2.05) is 35.5 Å². The van der Waals surface area contributed by atoms with Crippen molar-refractivity contribution >= 4 is 51.8 Å². The number of nitrogens with one attached hydrogen (secondary N) is 1. The molecule has 0 aliphatic carbocycles. The van der Waals surface area contributed by atoms with E-state index in [0.717, 1.165) is 43.7 Å². The number of halogens is 7. The van der Waals surface area contributed by atoms with Crippen molar-refractivity contribution in [2.75, 3.05) is 47.9 Å². The molecule has 4 fully saturated rings. The molecule has 4 heterocycles. The quantitative estimate of drug-likeness (QED) is 0.137. The molecule has 4 unspecified atom stereocenters. The molecule has 2 aromatic rings. The van der Waals surface area contributed by atoms with Crippen LogP contribution in [0, 0.1) is 0 Å². The Bertz CT molecular complexity index is 1710. The molecule has 10 nitrogen and oxygen atoms in total. The van der Waals surface area contributed by atoms with Gasteiger partial charge in [0.15, 0.2) is 12.6 Å². The molecule has 4 aliphatic rings. The molecule has 4 atom stereocenters. The number of ether oxygens (including phenoxy) is 2. The molecule has 2 aromatic carbocycles. The molecule has 0 radical (unpaired) electrons. The van der Waals surface area contributed by atoms with Crippen molar-refractivity contribution in [3.63, 3.8) is 0 Å². The lowest BCUT2D eigenvalue weighted by atomic mass is 10.1. The lowest BCUT2D eigenvalue weighted by Gasteiger charge is -2.36. The van der Waals surface area contributed by atoms with Crippen molar-refractivity contribution in [2.45, 2.75) is 102 Å². The summed E-state index contributed by atoms with van der Waals surface area (Å²) in [7, 11) is 0. The van der Waals surface area contributed by atoms with Gasteiger partial charge in [0.25, 0.3) is 0 Å². The Hall–Kier alpha value is -3.70. The Balaban J connectivity index is 0.000000208. The van der Waals surface area contributed by atoms with Gasteiger partial charge in [-0.1, -0.05) is 15.9 Å². The predicted octanol–water partition coefficient (Wildman–Crippen LogP) is 6.91. The van der Waals surface area contributed by atoms with E-state index in [0.29, 0.717) is 55.2 Å². The van der Waals surface area contributed by atoms with Gasteiger partial charge < -0.3 is 24.6 Å². The van der Waals surface area contributed by atoms with Crippen molar-refractivity contribution in [3.05, 3.63) is 58.7 Å². The van der Waals surface area contributed by atoms with Crippen LogP contribution in [0.1, 0.15) is 86.2 Å². The van der Waals surface area contributed by atoms with Crippen LogP contribution in [0.5, 0.6) is 0 Å². The highest BCUT2D eigenvalue weighted by molar-refractivity contribution is 9.09. The highest BCUT2D eigenvalue weighted by Crippen LogP contribution is 2.40. The first-order chi connectivity index (χ1) is 25.4. The average Bonchev–Trinajstić information content (AvgIpc) is 3.88. The number of esters is 2. The maximum absolute atomic E-state index is 13.1. The number of anilines is 2. The third-order valence-corrected chi connectivity index (χ3v) is 9.74. The van der Waals surface area contributed by atoms with Crippen LogP contribution in [-0.2, 0) is 31.4 Å². The zero-order valence-electron chi connectivity index (χ0n) is 31.5. The molecule has 6 rings (SSSR count). The summed E-state index contributed by atoms with van der Waals surface area (Å²) in [5, 5.41) is 3.55. The maximum Gasteiger partial charge on any atom is 0.416 e. The summed E-state index contributed by atoms with van der Waals surface area (Å²) in [6.45, 7) is 13.6. The van der Waals surface area contributed by atoms with Crippen molar-refractivity contribution in [3.8, 4) is 0 Å². The van der Waals surface area contributed by atoms with Gasteiger partial charge in [0.1, 0.15) is 16.5 Å². The number of hydrogen-bond donors (Lipinski definition) is 1. The number of benzene rings is 2. The molecule has 0 aromatic heterocycles. The first-order valence-electron chi connectivity index (χ1n) is 17.8. The molecule has 0 amide bonds. The van der Waals surface area contributed by atoms with Crippen LogP contribution < -0.4 is 15.1 Å². The number of fused-ring (bicyclic) bond motifs is 4. The first kappa shape index (κ1) is 44.0.